The molecule has 0 atom stereocenters. The Morgan fingerprint density at radius 2 is 1.96 bits per heavy atom. The van der Waals surface area contributed by atoms with E-state index in [9.17, 15) is 14.0 Å². The van der Waals surface area contributed by atoms with E-state index in [4.69, 9.17) is 0 Å². The summed E-state index contributed by atoms with van der Waals surface area (Å²) in [7, 11) is 1.71. The van der Waals surface area contributed by atoms with Crippen LogP contribution in [0.3, 0.4) is 0 Å². The molecule has 0 N–H and O–H groups in total. The highest BCUT2D eigenvalue weighted by atomic mass is 19.1. The maximum atomic E-state index is 13.3. The lowest BCUT2D eigenvalue weighted by atomic mass is 10.2. The molecule has 4 heterocycles. The molecule has 0 aromatic carbocycles. The van der Waals surface area contributed by atoms with Crippen LogP contribution < -0.4 is 10.5 Å². The van der Waals surface area contributed by atoms with Gasteiger partial charge in [0, 0.05) is 39.3 Å². The van der Waals surface area contributed by atoms with Crippen LogP contribution >= 0.6 is 0 Å². The van der Waals surface area contributed by atoms with Crippen molar-refractivity contribution in [2.45, 2.75) is 6.54 Å². The van der Waals surface area contributed by atoms with Crippen molar-refractivity contribution in [3.63, 3.8) is 0 Å². The van der Waals surface area contributed by atoms with Crippen LogP contribution in [0.25, 0.3) is 11.0 Å². The number of aromatic nitrogens is 5. The first-order chi connectivity index (χ1) is 13.0. The van der Waals surface area contributed by atoms with Crippen molar-refractivity contribution in [2.24, 2.45) is 7.05 Å². The maximum absolute atomic E-state index is 13.3. The van der Waals surface area contributed by atoms with Gasteiger partial charge in [0.15, 0.2) is 5.65 Å². The molecule has 0 saturated carbocycles. The second-order valence-corrected chi connectivity index (χ2v) is 6.41. The summed E-state index contributed by atoms with van der Waals surface area (Å²) in [4.78, 5) is 36.8. The molecule has 0 bridgehead atoms. The van der Waals surface area contributed by atoms with Gasteiger partial charge in [0.05, 0.1) is 24.3 Å². The minimum Gasteiger partial charge on any atom is -0.367 e. The van der Waals surface area contributed by atoms with E-state index < -0.39 is 0 Å². The van der Waals surface area contributed by atoms with Gasteiger partial charge in [-0.2, -0.15) is 5.10 Å². The number of carbonyl (C=O) groups is 1. The summed E-state index contributed by atoms with van der Waals surface area (Å²) >= 11 is 0. The molecule has 1 saturated heterocycles. The number of carbonyl (C=O) groups excluding carboxylic acids is 1. The number of amides is 1. The van der Waals surface area contributed by atoms with Crippen LogP contribution in [0.1, 0.15) is 0 Å². The molecule has 0 spiro atoms. The van der Waals surface area contributed by atoms with Gasteiger partial charge in [-0.3, -0.25) is 23.8 Å². The monoisotopic (exact) mass is 371 g/mol. The normalized spacial score (nSPS) is 14.7. The maximum Gasteiger partial charge on any atom is 0.264 e. The van der Waals surface area contributed by atoms with Crippen LogP contribution in [0.4, 0.5) is 10.1 Å². The van der Waals surface area contributed by atoms with Crippen molar-refractivity contribution in [3.8, 4) is 0 Å². The fourth-order valence-electron chi connectivity index (χ4n) is 3.21. The van der Waals surface area contributed by atoms with E-state index in [1.807, 2.05) is 4.90 Å². The molecular formula is C17H18FN7O2. The molecular weight excluding hydrogens is 353 g/mol. The van der Waals surface area contributed by atoms with E-state index >= 15 is 0 Å². The van der Waals surface area contributed by atoms with Gasteiger partial charge in [-0.05, 0) is 0 Å². The highest BCUT2D eigenvalue weighted by molar-refractivity contribution is 5.77. The fraction of sp³-hybridized carbons (Fsp3) is 0.353. The number of aryl methyl sites for hydroxylation is 1. The zero-order valence-corrected chi connectivity index (χ0v) is 14.7. The van der Waals surface area contributed by atoms with Crippen LogP contribution in [-0.4, -0.2) is 61.3 Å². The lowest BCUT2D eigenvalue weighted by molar-refractivity contribution is -0.132. The van der Waals surface area contributed by atoms with E-state index in [-0.39, 0.29) is 23.8 Å². The average molecular weight is 371 g/mol. The van der Waals surface area contributed by atoms with Gasteiger partial charge in [-0.25, -0.2) is 9.37 Å². The minimum atomic E-state index is -0.385. The number of pyridine rings is 1. The van der Waals surface area contributed by atoms with Crippen molar-refractivity contribution < 1.29 is 9.18 Å². The Bertz CT molecular complexity index is 1050. The number of anilines is 1. The molecule has 1 fully saturated rings. The number of hydrogen-bond acceptors (Lipinski definition) is 6. The van der Waals surface area contributed by atoms with E-state index in [0.717, 1.165) is 6.20 Å². The Morgan fingerprint density at radius 3 is 2.70 bits per heavy atom. The van der Waals surface area contributed by atoms with Crippen LogP contribution in [0.15, 0.2) is 35.8 Å². The lowest BCUT2D eigenvalue weighted by Crippen LogP contribution is -2.50. The first kappa shape index (κ1) is 17.1. The SMILES string of the molecule is Cn1ncc2c(=O)n(CC(=O)N3CCN(c4cncc(F)c4)CC3)cnc21. The topological polar surface area (TPSA) is 89.2 Å². The van der Waals surface area contributed by atoms with E-state index in [1.54, 1.807) is 18.1 Å². The number of halogens is 1. The van der Waals surface area contributed by atoms with Gasteiger partial charge in [0.25, 0.3) is 5.56 Å². The molecule has 140 valence electrons. The van der Waals surface area contributed by atoms with Gasteiger partial charge in [0.1, 0.15) is 24.1 Å². The lowest BCUT2D eigenvalue weighted by Gasteiger charge is -2.36. The number of fused-ring (bicyclic) bond motifs is 1. The molecule has 0 unspecified atom stereocenters. The van der Waals surface area contributed by atoms with Crippen LogP contribution in [0.2, 0.25) is 0 Å². The first-order valence-corrected chi connectivity index (χ1v) is 8.53. The van der Waals surface area contributed by atoms with Crippen molar-refractivity contribution in [1.82, 2.24) is 29.2 Å². The molecule has 9 nitrogen and oxygen atoms in total. The van der Waals surface area contributed by atoms with Crippen molar-refractivity contribution >= 4 is 22.6 Å². The minimum absolute atomic E-state index is 0.0712. The van der Waals surface area contributed by atoms with Gasteiger partial charge in [0.2, 0.25) is 5.91 Å². The first-order valence-electron chi connectivity index (χ1n) is 8.53. The molecule has 10 heteroatoms. The molecule has 1 amide bonds. The summed E-state index contributed by atoms with van der Waals surface area (Å²) in [5.74, 6) is -0.539. The Morgan fingerprint density at radius 1 is 1.19 bits per heavy atom. The Labute approximate surface area is 153 Å². The standard InChI is InChI=1S/C17H18FN7O2/c1-22-16-14(9-21-22)17(27)25(11-20-16)10-15(26)24-4-2-23(3-5-24)13-6-12(18)7-19-8-13/h6-9,11H,2-5,10H2,1H3. The third-order valence-electron chi connectivity index (χ3n) is 4.71. The van der Waals surface area contributed by atoms with Crippen molar-refractivity contribution in [3.05, 3.63) is 47.2 Å². The predicted octanol–water partition coefficient (Wildman–Crippen LogP) is 0.0129. The summed E-state index contributed by atoms with van der Waals surface area (Å²) < 4.78 is 16.1. The van der Waals surface area contributed by atoms with Gasteiger partial charge < -0.3 is 9.80 Å². The third-order valence-corrected chi connectivity index (χ3v) is 4.71. The van der Waals surface area contributed by atoms with Gasteiger partial charge in [-0.1, -0.05) is 0 Å². The predicted molar refractivity (Wildman–Crippen MR) is 95.8 cm³/mol. The molecule has 1 aliphatic rings. The molecule has 27 heavy (non-hydrogen) atoms. The summed E-state index contributed by atoms with van der Waals surface area (Å²) in [5.41, 5.74) is 0.900. The van der Waals surface area contributed by atoms with Crippen LogP contribution in [0, 0.1) is 5.82 Å². The fourth-order valence-corrected chi connectivity index (χ4v) is 3.21. The zero-order chi connectivity index (χ0) is 19.0. The molecule has 0 aliphatic carbocycles. The van der Waals surface area contributed by atoms with E-state index in [1.165, 1.54) is 27.8 Å². The average Bonchev–Trinajstić information content (AvgIpc) is 3.06. The van der Waals surface area contributed by atoms with Crippen molar-refractivity contribution in [2.75, 3.05) is 31.1 Å². The molecule has 3 aromatic rings. The largest absolute Gasteiger partial charge is 0.367 e. The highest BCUT2D eigenvalue weighted by Gasteiger charge is 2.22. The van der Waals surface area contributed by atoms with Gasteiger partial charge in [-0.15, -0.1) is 0 Å². The smallest absolute Gasteiger partial charge is 0.264 e. The Kier molecular flexibility index (Phi) is 4.30. The second-order valence-electron chi connectivity index (χ2n) is 6.41. The van der Waals surface area contributed by atoms with Crippen LogP contribution in [0.5, 0.6) is 0 Å². The van der Waals surface area contributed by atoms with E-state index in [2.05, 4.69) is 15.1 Å². The number of nitrogens with zero attached hydrogens (tertiary/aromatic N) is 7. The van der Waals surface area contributed by atoms with E-state index in [0.29, 0.717) is 42.9 Å². The summed E-state index contributed by atoms with van der Waals surface area (Å²) in [6.45, 7) is 2.06. The molecule has 0 radical (unpaired) electrons. The Hall–Kier alpha value is -3.30. The molecule has 3 aromatic heterocycles. The second kappa shape index (κ2) is 6.78. The quantitative estimate of drug-likeness (QED) is 0.645. The summed E-state index contributed by atoms with van der Waals surface area (Å²) in [6.07, 6.45) is 5.60. The number of rotatable bonds is 3. The number of piperazine rings is 1. The number of hydrogen-bond donors (Lipinski definition) is 0. The van der Waals surface area contributed by atoms with Gasteiger partial charge >= 0.3 is 0 Å². The third kappa shape index (κ3) is 3.25. The highest BCUT2D eigenvalue weighted by Crippen LogP contribution is 2.16. The molecule has 4 rings (SSSR count). The Balaban J connectivity index is 1.43. The molecule has 1 aliphatic heterocycles. The van der Waals surface area contributed by atoms with Crippen molar-refractivity contribution in [1.29, 1.82) is 0 Å². The zero-order valence-electron chi connectivity index (χ0n) is 14.7. The summed E-state index contributed by atoms with van der Waals surface area (Å²) in [6, 6.07) is 1.43. The summed E-state index contributed by atoms with van der Waals surface area (Å²) in [5, 5.41) is 4.40. The van der Waals surface area contributed by atoms with Crippen LogP contribution in [-0.2, 0) is 18.4 Å².